The summed E-state index contributed by atoms with van der Waals surface area (Å²) in [6.07, 6.45) is 0.136. The normalized spacial score (nSPS) is 11.7. The van der Waals surface area contributed by atoms with Gasteiger partial charge in [-0.2, -0.15) is 0 Å². The van der Waals surface area contributed by atoms with Crippen molar-refractivity contribution in [2.75, 3.05) is 0 Å². The van der Waals surface area contributed by atoms with E-state index < -0.39 is 5.79 Å². The average Bonchev–Trinajstić information content (AvgIpc) is 1.59. The fourth-order valence-electron chi connectivity index (χ4n) is 0.745. The molecule has 0 aromatic rings. The van der Waals surface area contributed by atoms with Crippen molar-refractivity contribution in [3.05, 3.63) is 0 Å². The molecule has 0 rings (SSSR count). The zero-order valence-corrected chi connectivity index (χ0v) is 7.05. The number of ether oxygens (including phenoxy) is 1. The maximum atomic E-state index is 5.32. The Morgan fingerprint density at radius 1 is 1.40 bits per heavy atom. The van der Waals surface area contributed by atoms with Gasteiger partial charge in [-0.1, -0.05) is 5.16 Å². The van der Waals surface area contributed by atoms with Crippen LogP contribution < -0.4 is 0 Å². The van der Waals surface area contributed by atoms with Crippen LogP contribution in [0.3, 0.4) is 0 Å². The molecule has 0 aromatic heterocycles. The quantitative estimate of drug-likeness (QED) is 0.343. The summed E-state index contributed by atoms with van der Waals surface area (Å²) in [5, 5.41) is 3.29. The molecule has 0 fully saturated rings. The molecular formula is C7H15NO2. The van der Waals surface area contributed by atoms with Crippen molar-refractivity contribution in [1.82, 2.24) is 0 Å². The van der Waals surface area contributed by atoms with Gasteiger partial charge in [0.1, 0.15) is 0 Å². The van der Waals surface area contributed by atoms with Gasteiger partial charge >= 0.3 is 0 Å². The highest BCUT2D eigenvalue weighted by Crippen LogP contribution is 2.13. The Balaban J connectivity index is 3.73. The largest absolute Gasteiger partial charge is 0.362 e. The minimum absolute atomic E-state index is 0.136. The molecule has 0 saturated heterocycles. The van der Waals surface area contributed by atoms with Crippen LogP contribution in [0.25, 0.3) is 0 Å². The van der Waals surface area contributed by atoms with Gasteiger partial charge in [-0.3, -0.25) is 0 Å². The van der Waals surface area contributed by atoms with Gasteiger partial charge in [0, 0.05) is 20.6 Å². The lowest BCUT2D eigenvalue weighted by molar-refractivity contribution is -0.230. The van der Waals surface area contributed by atoms with E-state index in [0.29, 0.717) is 0 Å². The number of rotatable bonds is 4. The van der Waals surface area contributed by atoms with Gasteiger partial charge in [0.25, 0.3) is 0 Å². The molecule has 10 heavy (non-hydrogen) atoms. The standard InChI is InChI=1S/C7H15NO2/c1-6(2)9-7(3,4)10-8-5/h6H,5H2,1-4H3. The Morgan fingerprint density at radius 3 is 2.20 bits per heavy atom. The van der Waals surface area contributed by atoms with Crippen LogP contribution in [0.2, 0.25) is 0 Å². The molecule has 0 aliphatic heterocycles. The van der Waals surface area contributed by atoms with Gasteiger partial charge in [0.15, 0.2) is 0 Å². The lowest BCUT2D eigenvalue weighted by Crippen LogP contribution is -2.29. The van der Waals surface area contributed by atoms with Gasteiger partial charge < -0.3 is 9.57 Å². The molecule has 3 nitrogen and oxygen atoms in total. The van der Waals surface area contributed by atoms with Crippen LogP contribution in [0.5, 0.6) is 0 Å². The molecule has 0 saturated carbocycles. The van der Waals surface area contributed by atoms with Crippen LogP contribution in [-0.2, 0) is 9.57 Å². The average molecular weight is 145 g/mol. The monoisotopic (exact) mass is 145 g/mol. The molecule has 0 atom stereocenters. The maximum absolute atomic E-state index is 5.32. The maximum Gasteiger partial charge on any atom is 0.231 e. The Labute approximate surface area is 62.0 Å². The molecule has 0 aliphatic carbocycles. The van der Waals surface area contributed by atoms with E-state index in [-0.39, 0.29) is 6.10 Å². The van der Waals surface area contributed by atoms with Crippen molar-refractivity contribution in [3.8, 4) is 0 Å². The van der Waals surface area contributed by atoms with E-state index in [1.165, 1.54) is 0 Å². The fraction of sp³-hybridized carbons (Fsp3) is 0.857. The van der Waals surface area contributed by atoms with Crippen molar-refractivity contribution in [2.24, 2.45) is 5.16 Å². The van der Waals surface area contributed by atoms with Crippen molar-refractivity contribution in [3.63, 3.8) is 0 Å². The first-order valence-corrected chi connectivity index (χ1v) is 3.30. The third-order valence-corrected chi connectivity index (χ3v) is 0.804. The molecule has 0 radical (unpaired) electrons. The first-order chi connectivity index (χ1) is 4.48. The molecule has 0 bridgehead atoms. The Kier molecular flexibility index (Phi) is 3.36. The molecule has 0 amide bonds. The number of hydrogen-bond donors (Lipinski definition) is 0. The zero-order valence-electron chi connectivity index (χ0n) is 7.05. The highest BCUT2D eigenvalue weighted by molar-refractivity contribution is 5.21. The van der Waals surface area contributed by atoms with Crippen LogP contribution in [0.1, 0.15) is 27.7 Å². The minimum atomic E-state index is -0.657. The summed E-state index contributed by atoms with van der Waals surface area (Å²) in [4.78, 5) is 4.83. The Bertz CT molecular complexity index is 110. The molecule has 0 spiro atoms. The summed E-state index contributed by atoms with van der Waals surface area (Å²) >= 11 is 0. The predicted molar refractivity (Wildman–Crippen MR) is 40.9 cm³/mol. The van der Waals surface area contributed by atoms with E-state index >= 15 is 0 Å². The molecule has 0 N–H and O–H groups in total. The van der Waals surface area contributed by atoms with E-state index in [1.54, 1.807) is 13.8 Å². The van der Waals surface area contributed by atoms with Crippen LogP contribution in [0, 0.1) is 0 Å². The highest BCUT2D eigenvalue weighted by Gasteiger charge is 2.20. The Morgan fingerprint density at radius 2 is 1.90 bits per heavy atom. The topological polar surface area (TPSA) is 30.8 Å². The van der Waals surface area contributed by atoms with Crippen LogP contribution in [-0.4, -0.2) is 18.6 Å². The van der Waals surface area contributed by atoms with E-state index in [4.69, 9.17) is 9.57 Å². The van der Waals surface area contributed by atoms with Crippen LogP contribution in [0.4, 0.5) is 0 Å². The van der Waals surface area contributed by atoms with Gasteiger partial charge in [-0.15, -0.1) is 0 Å². The van der Waals surface area contributed by atoms with Gasteiger partial charge in [-0.05, 0) is 13.8 Å². The smallest absolute Gasteiger partial charge is 0.231 e. The Hall–Kier alpha value is -0.570. The summed E-state index contributed by atoms with van der Waals surface area (Å²) in [5.41, 5.74) is 0. The summed E-state index contributed by atoms with van der Waals surface area (Å²) in [5.74, 6) is -0.657. The van der Waals surface area contributed by atoms with E-state index in [2.05, 4.69) is 11.9 Å². The molecular weight excluding hydrogens is 130 g/mol. The summed E-state index contributed by atoms with van der Waals surface area (Å²) < 4.78 is 5.32. The SMILES string of the molecule is C=NOC(C)(C)OC(C)C. The van der Waals surface area contributed by atoms with Crippen molar-refractivity contribution >= 4 is 6.72 Å². The molecule has 0 aliphatic rings. The third kappa shape index (κ3) is 4.32. The number of hydrogen-bond acceptors (Lipinski definition) is 3. The highest BCUT2D eigenvalue weighted by atomic mass is 16.8. The fourth-order valence-corrected chi connectivity index (χ4v) is 0.745. The second-order valence-corrected chi connectivity index (χ2v) is 2.79. The second-order valence-electron chi connectivity index (χ2n) is 2.79. The minimum Gasteiger partial charge on any atom is -0.362 e. The number of oxime groups is 1. The first-order valence-electron chi connectivity index (χ1n) is 3.30. The van der Waals surface area contributed by atoms with E-state index in [0.717, 1.165) is 0 Å². The van der Waals surface area contributed by atoms with Gasteiger partial charge in [0.2, 0.25) is 5.79 Å². The lowest BCUT2D eigenvalue weighted by atomic mass is 10.3. The van der Waals surface area contributed by atoms with Gasteiger partial charge in [-0.25, -0.2) is 0 Å². The van der Waals surface area contributed by atoms with Crippen LogP contribution in [0.15, 0.2) is 5.16 Å². The summed E-state index contributed by atoms with van der Waals surface area (Å²) in [6, 6.07) is 0. The molecule has 0 heterocycles. The lowest BCUT2D eigenvalue weighted by Gasteiger charge is -2.24. The van der Waals surface area contributed by atoms with Gasteiger partial charge in [0.05, 0.1) is 6.10 Å². The first kappa shape index (κ1) is 9.43. The van der Waals surface area contributed by atoms with Crippen molar-refractivity contribution < 1.29 is 9.57 Å². The summed E-state index contributed by atoms with van der Waals surface area (Å²) in [6.45, 7) is 10.7. The third-order valence-electron chi connectivity index (χ3n) is 0.804. The number of nitrogens with zero attached hydrogens (tertiary/aromatic N) is 1. The van der Waals surface area contributed by atoms with E-state index in [9.17, 15) is 0 Å². The van der Waals surface area contributed by atoms with E-state index in [1.807, 2.05) is 13.8 Å². The zero-order chi connectivity index (χ0) is 8.20. The van der Waals surface area contributed by atoms with Crippen molar-refractivity contribution in [1.29, 1.82) is 0 Å². The molecule has 60 valence electrons. The molecule has 0 aromatic carbocycles. The molecule has 3 heteroatoms. The second kappa shape index (κ2) is 3.56. The summed E-state index contributed by atoms with van der Waals surface area (Å²) in [7, 11) is 0. The van der Waals surface area contributed by atoms with Crippen LogP contribution >= 0.6 is 0 Å². The van der Waals surface area contributed by atoms with Crippen molar-refractivity contribution in [2.45, 2.75) is 39.6 Å². The molecule has 0 unspecified atom stereocenters. The predicted octanol–water partition coefficient (Wildman–Crippen LogP) is 1.78.